The molecule has 1 saturated heterocycles. The highest BCUT2D eigenvalue weighted by Crippen LogP contribution is 2.24. The minimum Gasteiger partial charge on any atom is -0.346 e. The van der Waals surface area contributed by atoms with E-state index in [9.17, 15) is 4.79 Å². The first-order valence-electron chi connectivity index (χ1n) is 11.2. The Morgan fingerprint density at radius 3 is 2.70 bits per heavy atom. The summed E-state index contributed by atoms with van der Waals surface area (Å²) in [6.07, 6.45) is 3.56. The van der Waals surface area contributed by atoms with Crippen molar-refractivity contribution < 1.29 is 4.79 Å². The van der Waals surface area contributed by atoms with E-state index in [1.54, 1.807) is 12.3 Å². The van der Waals surface area contributed by atoms with Gasteiger partial charge in [0.15, 0.2) is 11.5 Å². The van der Waals surface area contributed by atoms with Gasteiger partial charge in [-0.1, -0.05) is 36.4 Å². The van der Waals surface area contributed by atoms with Gasteiger partial charge in [0.1, 0.15) is 0 Å². The van der Waals surface area contributed by atoms with Gasteiger partial charge in [0.2, 0.25) is 0 Å². The van der Waals surface area contributed by atoms with Crippen molar-refractivity contribution in [2.75, 3.05) is 26.7 Å². The van der Waals surface area contributed by atoms with Gasteiger partial charge in [0.05, 0.1) is 23.8 Å². The number of likely N-dealkylation sites (N-methyl/N-ethyl adjacent to an activating group) is 1. The molecule has 1 aliphatic rings. The molecule has 3 aromatic heterocycles. The van der Waals surface area contributed by atoms with Crippen LogP contribution in [0, 0.1) is 0 Å². The lowest BCUT2D eigenvalue weighted by molar-refractivity contribution is 0.0852. The number of carbonyl (C=O) groups is 1. The molecule has 168 valence electrons. The fraction of sp³-hybridized carbons (Fsp3) is 0.280. The Morgan fingerprint density at radius 1 is 1.03 bits per heavy atom. The SMILES string of the molecule is CN1CCN(Cc2ccccc2)CC1c1nnc2ccc(C(=O)NCc3ccccn3)cn12. The highest BCUT2D eigenvalue weighted by molar-refractivity contribution is 5.94. The molecule has 1 aromatic carbocycles. The van der Waals surface area contributed by atoms with E-state index in [0.29, 0.717) is 12.1 Å². The molecule has 1 aliphatic heterocycles. The molecule has 0 saturated carbocycles. The van der Waals surface area contributed by atoms with Crippen molar-refractivity contribution in [2.24, 2.45) is 0 Å². The normalized spacial score (nSPS) is 17.3. The Morgan fingerprint density at radius 2 is 1.88 bits per heavy atom. The number of hydrogen-bond acceptors (Lipinski definition) is 6. The summed E-state index contributed by atoms with van der Waals surface area (Å²) in [5, 5.41) is 11.8. The molecule has 0 radical (unpaired) electrons. The van der Waals surface area contributed by atoms with Gasteiger partial charge in [-0.2, -0.15) is 0 Å². The largest absolute Gasteiger partial charge is 0.346 e. The van der Waals surface area contributed by atoms with Crippen molar-refractivity contribution in [3.05, 3.63) is 95.7 Å². The van der Waals surface area contributed by atoms with E-state index in [0.717, 1.165) is 43.3 Å². The van der Waals surface area contributed by atoms with E-state index < -0.39 is 0 Å². The molecule has 1 atom stereocenters. The van der Waals surface area contributed by atoms with Crippen LogP contribution in [0.1, 0.15) is 33.5 Å². The number of nitrogens with zero attached hydrogens (tertiary/aromatic N) is 6. The topological polar surface area (TPSA) is 78.7 Å². The summed E-state index contributed by atoms with van der Waals surface area (Å²) in [6.45, 7) is 4.08. The minimum atomic E-state index is -0.148. The third-order valence-corrected chi connectivity index (χ3v) is 6.13. The van der Waals surface area contributed by atoms with Gasteiger partial charge in [-0.3, -0.25) is 24.0 Å². The van der Waals surface area contributed by atoms with Gasteiger partial charge in [0, 0.05) is 38.6 Å². The van der Waals surface area contributed by atoms with Gasteiger partial charge in [-0.05, 0) is 36.9 Å². The van der Waals surface area contributed by atoms with Crippen LogP contribution in [0.5, 0.6) is 0 Å². The standard InChI is InChI=1S/C25H27N7O/c1-30-13-14-31(16-19-7-3-2-4-8-19)18-22(30)24-29-28-23-11-10-20(17-32(23)24)25(33)27-15-21-9-5-6-12-26-21/h2-12,17,22H,13-16,18H2,1H3,(H,27,33). The number of nitrogens with one attached hydrogen (secondary N) is 1. The lowest BCUT2D eigenvalue weighted by Crippen LogP contribution is -2.46. The Kier molecular flexibility index (Phi) is 6.10. The van der Waals surface area contributed by atoms with E-state index in [1.165, 1.54) is 5.56 Å². The second kappa shape index (κ2) is 9.48. The summed E-state index contributed by atoms with van der Waals surface area (Å²) in [5.74, 6) is 0.703. The third-order valence-electron chi connectivity index (χ3n) is 6.13. The zero-order chi connectivity index (χ0) is 22.6. The number of rotatable bonds is 6. The van der Waals surface area contributed by atoms with E-state index in [-0.39, 0.29) is 11.9 Å². The number of aromatic nitrogens is 4. The number of pyridine rings is 2. The second-order valence-corrected chi connectivity index (χ2v) is 8.43. The molecule has 8 heteroatoms. The van der Waals surface area contributed by atoms with Crippen molar-refractivity contribution >= 4 is 11.6 Å². The summed E-state index contributed by atoms with van der Waals surface area (Å²) in [6, 6.07) is 19.9. The lowest BCUT2D eigenvalue weighted by Gasteiger charge is -2.38. The summed E-state index contributed by atoms with van der Waals surface area (Å²) < 4.78 is 1.95. The van der Waals surface area contributed by atoms with Crippen molar-refractivity contribution in [1.29, 1.82) is 0 Å². The summed E-state index contributed by atoms with van der Waals surface area (Å²) in [7, 11) is 2.12. The maximum atomic E-state index is 12.8. The fourth-order valence-corrected chi connectivity index (χ4v) is 4.24. The van der Waals surface area contributed by atoms with Gasteiger partial charge >= 0.3 is 0 Å². The lowest BCUT2D eigenvalue weighted by atomic mass is 10.1. The predicted molar refractivity (Wildman–Crippen MR) is 125 cm³/mol. The predicted octanol–water partition coefficient (Wildman–Crippen LogP) is 2.54. The van der Waals surface area contributed by atoms with Crippen LogP contribution in [0.2, 0.25) is 0 Å². The highest BCUT2D eigenvalue weighted by atomic mass is 16.1. The van der Waals surface area contributed by atoms with Crippen LogP contribution in [0.3, 0.4) is 0 Å². The highest BCUT2D eigenvalue weighted by Gasteiger charge is 2.29. The first-order valence-corrected chi connectivity index (χ1v) is 11.2. The first kappa shape index (κ1) is 21.2. The van der Waals surface area contributed by atoms with Crippen molar-refractivity contribution in [3.63, 3.8) is 0 Å². The Hall–Kier alpha value is -3.62. The number of carbonyl (C=O) groups excluding carboxylic acids is 1. The molecule has 4 heterocycles. The quantitative estimate of drug-likeness (QED) is 0.496. The van der Waals surface area contributed by atoms with Gasteiger partial charge in [0.25, 0.3) is 5.91 Å². The Bertz CT molecular complexity index is 1230. The Balaban J connectivity index is 1.34. The van der Waals surface area contributed by atoms with E-state index >= 15 is 0 Å². The molecule has 1 amide bonds. The number of hydrogen-bond donors (Lipinski definition) is 1. The molecule has 5 rings (SSSR count). The molecule has 1 unspecified atom stereocenters. The summed E-state index contributed by atoms with van der Waals surface area (Å²) in [4.78, 5) is 21.8. The van der Waals surface area contributed by atoms with Gasteiger partial charge in [-0.15, -0.1) is 10.2 Å². The molecular formula is C25H27N7O. The van der Waals surface area contributed by atoms with E-state index in [4.69, 9.17) is 0 Å². The number of amides is 1. The maximum Gasteiger partial charge on any atom is 0.253 e. The van der Waals surface area contributed by atoms with Crippen LogP contribution >= 0.6 is 0 Å². The molecule has 33 heavy (non-hydrogen) atoms. The maximum absolute atomic E-state index is 12.8. The van der Waals surface area contributed by atoms with Crippen LogP contribution < -0.4 is 5.32 Å². The molecule has 1 fully saturated rings. The average molecular weight is 442 g/mol. The zero-order valence-electron chi connectivity index (χ0n) is 18.6. The van der Waals surface area contributed by atoms with Crippen LogP contribution in [-0.4, -0.2) is 62.0 Å². The average Bonchev–Trinajstić information content (AvgIpc) is 3.28. The Labute approximate surface area is 192 Å². The molecule has 0 spiro atoms. The van der Waals surface area contributed by atoms with Crippen LogP contribution in [0.25, 0.3) is 5.65 Å². The van der Waals surface area contributed by atoms with Crippen molar-refractivity contribution in [2.45, 2.75) is 19.1 Å². The summed E-state index contributed by atoms with van der Waals surface area (Å²) in [5.41, 5.74) is 3.43. The van der Waals surface area contributed by atoms with Crippen molar-refractivity contribution in [1.82, 2.24) is 34.7 Å². The van der Waals surface area contributed by atoms with Gasteiger partial charge < -0.3 is 5.32 Å². The number of benzene rings is 1. The van der Waals surface area contributed by atoms with E-state index in [2.05, 4.69) is 61.6 Å². The van der Waals surface area contributed by atoms with Crippen LogP contribution in [-0.2, 0) is 13.1 Å². The molecular weight excluding hydrogens is 414 g/mol. The molecule has 8 nitrogen and oxygen atoms in total. The summed E-state index contributed by atoms with van der Waals surface area (Å²) >= 11 is 0. The first-order chi connectivity index (χ1) is 16.2. The van der Waals surface area contributed by atoms with E-state index in [1.807, 2.05) is 40.9 Å². The monoisotopic (exact) mass is 441 g/mol. The smallest absolute Gasteiger partial charge is 0.253 e. The fourth-order valence-electron chi connectivity index (χ4n) is 4.24. The number of fused-ring (bicyclic) bond motifs is 1. The van der Waals surface area contributed by atoms with Crippen LogP contribution in [0.15, 0.2) is 73.1 Å². The minimum absolute atomic E-state index is 0.0873. The molecule has 0 bridgehead atoms. The molecule has 4 aromatic rings. The third kappa shape index (κ3) is 4.76. The second-order valence-electron chi connectivity index (χ2n) is 8.43. The zero-order valence-corrected chi connectivity index (χ0v) is 18.6. The molecule has 0 aliphatic carbocycles. The molecule has 1 N–H and O–H groups in total. The van der Waals surface area contributed by atoms with Crippen molar-refractivity contribution in [3.8, 4) is 0 Å². The number of piperazine rings is 1. The van der Waals surface area contributed by atoms with Crippen LogP contribution in [0.4, 0.5) is 0 Å². The van der Waals surface area contributed by atoms with Gasteiger partial charge in [-0.25, -0.2) is 0 Å².